The van der Waals surface area contributed by atoms with Crippen LogP contribution in [0, 0.1) is 12.7 Å². The van der Waals surface area contributed by atoms with Crippen LogP contribution in [0.2, 0.25) is 0 Å². The van der Waals surface area contributed by atoms with Gasteiger partial charge in [-0.25, -0.2) is 4.39 Å². The van der Waals surface area contributed by atoms with E-state index in [-0.39, 0.29) is 11.7 Å². The van der Waals surface area contributed by atoms with Crippen molar-refractivity contribution in [3.05, 3.63) is 40.3 Å². The minimum absolute atomic E-state index is 0.242. The number of nitrogens with two attached hydrogens (primary N) is 1. The standard InChI is InChI=1S/C18H21FN4O2/c1-9-6-10(19)7-14-12(4-5-21-16(9)14)18(25)23-17(20)13-3-2-11(24)8-15(13)22-23/h6-7,11-12,21,24H,2-5,8,20H2,1H3. The Bertz CT molecular complexity index is 861. The second kappa shape index (κ2) is 5.84. The fourth-order valence-electron chi connectivity index (χ4n) is 3.94. The van der Waals surface area contributed by atoms with Crippen LogP contribution in [0.15, 0.2) is 12.1 Å². The Morgan fingerprint density at radius 2 is 2.24 bits per heavy atom. The van der Waals surface area contributed by atoms with Gasteiger partial charge >= 0.3 is 0 Å². The first-order chi connectivity index (χ1) is 12.0. The Labute approximate surface area is 144 Å². The SMILES string of the molecule is Cc1cc(F)cc2c1NCCC2C(=O)n1nc2c(c1N)CCC(O)C2. The quantitative estimate of drug-likeness (QED) is 0.736. The normalized spacial score (nSPS) is 22.0. The van der Waals surface area contributed by atoms with E-state index in [0.717, 1.165) is 16.8 Å². The second-order valence-corrected chi connectivity index (χ2v) is 6.91. The summed E-state index contributed by atoms with van der Waals surface area (Å²) in [5, 5.41) is 17.4. The molecule has 0 radical (unpaired) electrons. The third-order valence-corrected chi connectivity index (χ3v) is 5.21. The van der Waals surface area contributed by atoms with Crippen LogP contribution in [0.25, 0.3) is 0 Å². The summed E-state index contributed by atoms with van der Waals surface area (Å²) in [6.45, 7) is 2.46. The van der Waals surface area contributed by atoms with Gasteiger partial charge in [0, 0.05) is 24.2 Å². The van der Waals surface area contributed by atoms with Crippen LogP contribution in [-0.2, 0) is 12.8 Å². The zero-order chi connectivity index (χ0) is 17.7. The first-order valence-corrected chi connectivity index (χ1v) is 8.58. The number of aliphatic hydroxyl groups is 1. The summed E-state index contributed by atoms with van der Waals surface area (Å²) < 4.78 is 15.1. The third kappa shape index (κ3) is 2.59. The van der Waals surface area contributed by atoms with Gasteiger partial charge in [-0.3, -0.25) is 4.79 Å². The highest BCUT2D eigenvalue weighted by Crippen LogP contribution is 2.37. The summed E-state index contributed by atoms with van der Waals surface area (Å²) >= 11 is 0. The lowest BCUT2D eigenvalue weighted by molar-refractivity contribution is 0.0858. The largest absolute Gasteiger partial charge is 0.393 e. The highest BCUT2D eigenvalue weighted by molar-refractivity contribution is 5.90. The van der Waals surface area contributed by atoms with Crippen molar-refractivity contribution in [2.45, 2.75) is 44.6 Å². The van der Waals surface area contributed by atoms with E-state index in [2.05, 4.69) is 10.4 Å². The van der Waals surface area contributed by atoms with E-state index in [1.165, 1.54) is 16.8 Å². The van der Waals surface area contributed by atoms with Gasteiger partial charge in [-0.15, -0.1) is 0 Å². The molecule has 4 N–H and O–H groups in total. The summed E-state index contributed by atoms with van der Waals surface area (Å²) in [7, 11) is 0. The number of nitrogens with one attached hydrogen (secondary N) is 1. The number of aromatic nitrogens is 2. The van der Waals surface area contributed by atoms with Crippen LogP contribution in [0.3, 0.4) is 0 Å². The molecule has 0 bridgehead atoms. The van der Waals surface area contributed by atoms with Crippen LogP contribution >= 0.6 is 0 Å². The minimum atomic E-state index is -0.487. The molecule has 25 heavy (non-hydrogen) atoms. The Morgan fingerprint density at radius 1 is 1.44 bits per heavy atom. The number of halogens is 1. The lowest BCUT2D eigenvalue weighted by Gasteiger charge is -2.27. The average Bonchev–Trinajstić information content (AvgIpc) is 2.89. The fourth-order valence-corrected chi connectivity index (χ4v) is 3.94. The molecule has 1 aliphatic carbocycles. The minimum Gasteiger partial charge on any atom is -0.393 e. The molecule has 1 aromatic heterocycles. The molecule has 2 atom stereocenters. The van der Waals surface area contributed by atoms with Crippen LogP contribution in [0.1, 0.15) is 45.9 Å². The summed E-state index contributed by atoms with van der Waals surface area (Å²) in [5.41, 5.74) is 9.96. The maximum Gasteiger partial charge on any atom is 0.256 e. The Balaban J connectivity index is 1.74. The van der Waals surface area contributed by atoms with Gasteiger partial charge in [0.05, 0.1) is 17.7 Å². The molecule has 2 heterocycles. The zero-order valence-corrected chi connectivity index (χ0v) is 14.1. The molecule has 1 aliphatic heterocycles. The highest BCUT2D eigenvalue weighted by Gasteiger charge is 2.33. The van der Waals surface area contributed by atoms with Crippen molar-refractivity contribution in [2.75, 3.05) is 17.6 Å². The maximum atomic E-state index is 13.9. The van der Waals surface area contributed by atoms with Crippen LogP contribution in [0.4, 0.5) is 15.9 Å². The summed E-state index contributed by atoms with van der Waals surface area (Å²) in [6, 6.07) is 2.88. The number of carbonyl (C=O) groups is 1. The number of benzene rings is 1. The van der Waals surface area contributed by atoms with Gasteiger partial charge in [0.1, 0.15) is 11.6 Å². The van der Waals surface area contributed by atoms with E-state index in [1.807, 2.05) is 6.92 Å². The fraction of sp³-hybridized carbons (Fsp3) is 0.444. The van der Waals surface area contributed by atoms with E-state index in [4.69, 9.17) is 5.73 Å². The van der Waals surface area contributed by atoms with Crippen molar-refractivity contribution in [3.63, 3.8) is 0 Å². The number of aliphatic hydroxyl groups excluding tert-OH is 1. The Hall–Kier alpha value is -2.41. The van der Waals surface area contributed by atoms with Crippen molar-refractivity contribution in [1.29, 1.82) is 0 Å². The van der Waals surface area contributed by atoms with Crippen molar-refractivity contribution in [3.8, 4) is 0 Å². The van der Waals surface area contributed by atoms with Gasteiger partial charge < -0.3 is 16.2 Å². The van der Waals surface area contributed by atoms with E-state index in [1.54, 1.807) is 0 Å². The molecule has 0 saturated heterocycles. The maximum absolute atomic E-state index is 13.9. The average molecular weight is 344 g/mol. The number of carbonyl (C=O) groups excluding carboxylic acids is 1. The summed E-state index contributed by atoms with van der Waals surface area (Å²) in [6.07, 6.45) is 1.77. The molecule has 2 unspecified atom stereocenters. The zero-order valence-electron chi connectivity index (χ0n) is 14.1. The molecule has 6 nitrogen and oxygen atoms in total. The number of nitrogens with zero attached hydrogens (tertiary/aromatic N) is 2. The van der Waals surface area contributed by atoms with Crippen LogP contribution in [0.5, 0.6) is 0 Å². The molecule has 4 rings (SSSR count). The van der Waals surface area contributed by atoms with Gasteiger partial charge in [0.15, 0.2) is 0 Å². The molecule has 2 aromatic rings. The van der Waals surface area contributed by atoms with Gasteiger partial charge in [-0.05, 0) is 49.4 Å². The first-order valence-electron chi connectivity index (χ1n) is 8.58. The smallest absolute Gasteiger partial charge is 0.256 e. The Morgan fingerprint density at radius 3 is 3.04 bits per heavy atom. The number of fused-ring (bicyclic) bond motifs is 2. The third-order valence-electron chi connectivity index (χ3n) is 5.21. The van der Waals surface area contributed by atoms with Crippen LogP contribution < -0.4 is 11.1 Å². The molecular formula is C18H21FN4O2. The highest BCUT2D eigenvalue weighted by atomic mass is 19.1. The van der Waals surface area contributed by atoms with E-state index < -0.39 is 12.0 Å². The molecule has 0 saturated carbocycles. The predicted molar refractivity (Wildman–Crippen MR) is 92.3 cm³/mol. The van der Waals surface area contributed by atoms with E-state index in [0.29, 0.717) is 49.3 Å². The number of nitrogen functional groups attached to an aromatic ring is 1. The lowest BCUT2D eigenvalue weighted by atomic mass is 9.88. The van der Waals surface area contributed by atoms with E-state index in [9.17, 15) is 14.3 Å². The topological polar surface area (TPSA) is 93.2 Å². The molecule has 7 heteroatoms. The monoisotopic (exact) mass is 344 g/mol. The number of anilines is 2. The molecule has 132 valence electrons. The second-order valence-electron chi connectivity index (χ2n) is 6.91. The summed E-state index contributed by atoms with van der Waals surface area (Å²) in [4.78, 5) is 13.1. The molecule has 0 fully saturated rings. The Kier molecular flexibility index (Phi) is 3.76. The molecular weight excluding hydrogens is 323 g/mol. The number of hydrogen-bond donors (Lipinski definition) is 3. The number of rotatable bonds is 1. The molecule has 1 aromatic carbocycles. The van der Waals surface area contributed by atoms with Gasteiger partial charge in [0.25, 0.3) is 5.91 Å². The van der Waals surface area contributed by atoms with Crippen molar-refractivity contribution < 1.29 is 14.3 Å². The summed E-state index contributed by atoms with van der Waals surface area (Å²) in [5.74, 6) is -0.734. The first kappa shape index (κ1) is 16.1. The lowest BCUT2D eigenvalue weighted by Crippen LogP contribution is -2.29. The number of hydrogen-bond acceptors (Lipinski definition) is 5. The van der Waals surface area contributed by atoms with Crippen molar-refractivity contribution >= 4 is 17.4 Å². The van der Waals surface area contributed by atoms with E-state index >= 15 is 0 Å². The molecule has 2 aliphatic rings. The van der Waals surface area contributed by atoms with Crippen molar-refractivity contribution in [1.82, 2.24) is 9.78 Å². The molecule has 0 amide bonds. The molecule has 0 spiro atoms. The van der Waals surface area contributed by atoms with Crippen LogP contribution in [-0.4, -0.2) is 33.4 Å². The van der Waals surface area contributed by atoms with Gasteiger partial charge in [0.2, 0.25) is 0 Å². The van der Waals surface area contributed by atoms with Gasteiger partial charge in [-0.1, -0.05) is 0 Å². The predicted octanol–water partition coefficient (Wildman–Crippen LogP) is 2.00. The van der Waals surface area contributed by atoms with Crippen molar-refractivity contribution in [2.24, 2.45) is 0 Å². The number of aryl methyl sites for hydroxylation is 1. The van der Waals surface area contributed by atoms with Gasteiger partial charge in [-0.2, -0.15) is 9.78 Å².